The predicted octanol–water partition coefficient (Wildman–Crippen LogP) is 3.67. The minimum Gasteiger partial charge on any atom is -0.351 e. The number of aromatic nitrogens is 6. The first-order chi connectivity index (χ1) is 26.9. The van der Waals surface area contributed by atoms with Gasteiger partial charge in [-0.15, -0.1) is 0 Å². The zero-order chi connectivity index (χ0) is 38.1. The minimum atomic E-state index is -0.504. The van der Waals surface area contributed by atoms with Crippen LogP contribution >= 0.6 is 0 Å². The molecule has 16 nitrogen and oxygen atoms in total. The van der Waals surface area contributed by atoms with Crippen molar-refractivity contribution in [3.05, 3.63) is 60.0 Å². The first-order valence-corrected chi connectivity index (χ1v) is 18.8. The molecule has 278 valence electrons. The Labute approximate surface area is 316 Å². The fourth-order valence-electron chi connectivity index (χ4n) is 7.98. The van der Waals surface area contributed by atoms with Crippen LogP contribution in [0, 0.1) is 45.8 Å². The Kier molecular flexibility index (Phi) is 9.68. The van der Waals surface area contributed by atoms with Gasteiger partial charge >= 0.3 is 0 Å². The molecule has 3 unspecified atom stereocenters. The van der Waals surface area contributed by atoms with Gasteiger partial charge in [0.05, 0.1) is 22.9 Å². The smallest absolute Gasteiger partial charge is 0.270 e. The Hall–Kier alpha value is -6.60. The number of carbonyl (C=O) groups is 3. The second-order valence-electron chi connectivity index (χ2n) is 14.7. The number of amides is 3. The Morgan fingerprint density at radius 1 is 0.945 bits per heavy atom. The molecule has 3 N–H and O–H groups in total. The number of piperidine rings is 1. The Morgan fingerprint density at radius 2 is 1.75 bits per heavy atom. The first kappa shape index (κ1) is 35.4. The van der Waals surface area contributed by atoms with Gasteiger partial charge in [-0.2, -0.15) is 15.8 Å². The predicted molar refractivity (Wildman–Crippen MR) is 199 cm³/mol. The number of nitriles is 3. The Bertz CT molecular complexity index is 2350. The van der Waals surface area contributed by atoms with Gasteiger partial charge in [-0.25, -0.2) is 19.9 Å². The molecule has 0 radical (unpaired) electrons. The number of likely N-dealkylation sites (tertiary alicyclic amines) is 1. The molecule has 2 saturated carbocycles. The number of hydrogen-bond donors (Lipinski definition) is 3. The molecule has 0 aromatic carbocycles. The third kappa shape index (κ3) is 7.21. The summed E-state index contributed by atoms with van der Waals surface area (Å²) in [5, 5.41) is 33.5. The van der Waals surface area contributed by atoms with E-state index in [2.05, 4.69) is 46.2 Å². The molecule has 6 heterocycles. The Morgan fingerprint density at radius 3 is 2.55 bits per heavy atom. The Balaban J connectivity index is 1.01. The summed E-state index contributed by atoms with van der Waals surface area (Å²) in [6.07, 6.45) is 13.6. The molecule has 2 saturated heterocycles. The van der Waals surface area contributed by atoms with E-state index in [-0.39, 0.29) is 53.8 Å². The van der Waals surface area contributed by atoms with E-state index < -0.39 is 11.9 Å². The third-order valence-corrected chi connectivity index (χ3v) is 11.1. The van der Waals surface area contributed by atoms with E-state index in [1.54, 1.807) is 29.3 Å². The number of fused-ring (bicyclic) bond motifs is 2. The number of H-pyrrole nitrogens is 2. The van der Waals surface area contributed by atoms with Crippen molar-refractivity contribution in [3.8, 4) is 18.2 Å². The second kappa shape index (κ2) is 15.0. The molecule has 55 heavy (non-hydrogen) atoms. The van der Waals surface area contributed by atoms with E-state index in [0.29, 0.717) is 54.3 Å². The van der Waals surface area contributed by atoms with E-state index >= 15 is 0 Å². The topological polar surface area (TPSA) is 227 Å². The van der Waals surface area contributed by atoms with Crippen molar-refractivity contribution in [2.45, 2.75) is 69.4 Å². The molecular formula is C39H39N13O3. The number of hydrogen-bond acceptors (Lipinski definition) is 11. The maximum atomic E-state index is 14.4. The van der Waals surface area contributed by atoms with Gasteiger partial charge in [-0.1, -0.05) is 12.2 Å². The third-order valence-electron chi connectivity index (χ3n) is 11.1. The fourth-order valence-corrected chi connectivity index (χ4v) is 7.98. The van der Waals surface area contributed by atoms with Crippen LogP contribution in [0.15, 0.2) is 54.3 Å². The zero-order valence-corrected chi connectivity index (χ0v) is 30.1. The van der Waals surface area contributed by atoms with E-state index in [4.69, 9.17) is 5.26 Å². The van der Waals surface area contributed by atoms with Crippen LogP contribution in [0.3, 0.4) is 0 Å². The highest BCUT2D eigenvalue weighted by atomic mass is 16.2. The van der Waals surface area contributed by atoms with Crippen LogP contribution in [0.4, 0.5) is 11.6 Å². The summed E-state index contributed by atoms with van der Waals surface area (Å²) in [4.78, 5) is 69.7. The van der Waals surface area contributed by atoms with Crippen LogP contribution in [-0.2, 0) is 14.4 Å². The quantitative estimate of drug-likeness (QED) is 0.149. The van der Waals surface area contributed by atoms with Crippen molar-refractivity contribution in [1.82, 2.24) is 40.1 Å². The van der Waals surface area contributed by atoms with Gasteiger partial charge in [0.1, 0.15) is 65.3 Å². The average molecular weight is 738 g/mol. The van der Waals surface area contributed by atoms with Crippen LogP contribution in [0.5, 0.6) is 0 Å². The summed E-state index contributed by atoms with van der Waals surface area (Å²) in [6, 6.07) is 9.48. The van der Waals surface area contributed by atoms with Gasteiger partial charge in [0, 0.05) is 50.0 Å². The van der Waals surface area contributed by atoms with Crippen LogP contribution in [0.1, 0.15) is 63.0 Å². The van der Waals surface area contributed by atoms with Crippen LogP contribution in [-0.4, -0.2) is 90.8 Å². The van der Waals surface area contributed by atoms with Crippen LogP contribution in [0.25, 0.3) is 22.1 Å². The number of carbonyl (C=O) groups excluding carboxylic acids is 3. The largest absolute Gasteiger partial charge is 0.351 e. The molecule has 4 fully saturated rings. The summed E-state index contributed by atoms with van der Waals surface area (Å²) in [5.41, 5.74) is 2.31. The van der Waals surface area contributed by atoms with E-state index in [9.17, 15) is 24.9 Å². The molecule has 2 aliphatic carbocycles. The second-order valence-corrected chi connectivity index (χ2v) is 14.7. The molecule has 0 bridgehead atoms. The zero-order valence-electron chi connectivity index (χ0n) is 30.1. The van der Waals surface area contributed by atoms with Gasteiger partial charge < -0.3 is 25.1 Å². The minimum absolute atomic E-state index is 0.00752. The summed E-state index contributed by atoms with van der Waals surface area (Å²) in [6.45, 7) is 1.86. The standard InChI is InChI=1S/C39H39N13O3/c40-9-7-33(53)50-11-1-4-28(20-50)52(37-29-8-10-43-34(29)45-21-48-37)39(55)26(18-42)14-24-15-30(24)32-16-31-35(49-32)46-22-47-36(31)51-12-2-3-27(51)19-44-38(54)25(17-41)13-23-5-6-23/h8,10,13-14,16,21-24,27-28,30H,1-7,11-12,15,19-20H2,(H,44,54)(H,43,45,48)(H,46,47,49)/b25-13+,26-14+/t24?,27?,28-,30?/m1/s1. The number of rotatable bonds is 11. The van der Waals surface area contributed by atoms with Gasteiger partial charge in [0.15, 0.2) is 0 Å². The molecule has 0 spiro atoms. The monoisotopic (exact) mass is 737 g/mol. The SMILES string of the molecule is N#CCC(=O)N1CCC[C@@H](N(C(=O)/C(C#N)=C/C2CC2c2cc3c(N4CCCC4CNC(=O)/C(C#N)=C/C4CC4)ncnc3[nH]2)c2ncnc3[nH]ccc23)C1. The lowest BCUT2D eigenvalue weighted by Gasteiger charge is -2.38. The summed E-state index contributed by atoms with van der Waals surface area (Å²) in [5.74, 6) is 0.238. The van der Waals surface area contributed by atoms with Crippen molar-refractivity contribution >= 4 is 51.4 Å². The highest BCUT2D eigenvalue weighted by Gasteiger charge is 2.41. The maximum Gasteiger partial charge on any atom is 0.270 e. The summed E-state index contributed by atoms with van der Waals surface area (Å²) >= 11 is 0. The van der Waals surface area contributed by atoms with Gasteiger partial charge in [-0.3, -0.25) is 19.3 Å². The number of allylic oxidation sites excluding steroid dienone is 2. The molecule has 4 atom stereocenters. The molecular weight excluding hydrogens is 699 g/mol. The van der Waals surface area contributed by atoms with E-state index in [0.717, 1.165) is 55.5 Å². The first-order valence-electron chi connectivity index (χ1n) is 18.8. The number of anilines is 2. The molecule has 16 heteroatoms. The van der Waals surface area contributed by atoms with Gasteiger partial charge in [-0.05, 0) is 68.9 Å². The van der Waals surface area contributed by atoms with Crippen molar-refractivity contribution in [3.63, 3.8) is 0 Å². The fraction of sp³-hybridized carbons (Fsp3) is 0.436. The molecule has 8 rings (SSSR count). The van der Waals surface area contributed by atoms with Crippen molar-refractivity contribution in [1.29, 1.82) is 15.8 Å². The molecule has 3 amide bonds. The normalized spacial score (nSPS) is 22.6. The number of nitrogens with zero attached hydrogens (tertiary/aromatic N) is 10. The van der Waals surface area contributed by atoms with E-state index in [1.807, 2.05) is 18.2 Å². The summed E-state index contributed by atoms with van der Waals surface area (Å²) < 4.78 is 0. The maximum absolute atomic E-state index is 14.4. The molecule has 4 aromatic heterocycles. The molecule has 4 aromatic rings. The van der Waals surface area contributed by atoms with Crippen LogP contribution in [0.2, 0.25) is 0 Å². The lowest BCUT2D eigenvalue weighted by molar-refractivity contribution is -0.131. The van der Waals surface area contributed by atoms with Gasteiger partial charge in [0.25, 0.3) is 11.8 Å². The molecule has 4 aliphatic rings. The number of nitrogens with one attached hydrogen (secondary N) is 3. The molecule has 2 aliphatic heterocycles. The number of aromatic amines is 2. The highest BCUT2D eigenvalue weighted by molar-refractivity contribution is 6.11. The van der Waals surface area contributed by atoms with Crippen LogP contribution < -0.4 is 15.1 Å². The highest BCUT2D eigenvalue weighted by Crippen LogP contribution is 2.49. The summed E-state index contributed by atoms with van der Waals surface area (Å²) in [7, 11) is 0. The van der Waals surface area contributed by atoms with Crippen molar-refractivity contribution in [2.24, 2.45) is 11.8 Å². The average Bonchev–Trinajstić information content (AvgIpc) is 3.98. The van der Waals surface area contributed by atoms with Gasteiger partial charge in [0.2, 0.25) is 5.91 Å². The lowest BCUT2D eigenvalue weighted by atomic mass is 10.0. The lowest BCUT2D eigenvalue weighted by Crippen LogP contribution is -2.52. The van der Waals surface area contributed by atoms with E-state index in [1.165, 1.54) is 17.6 Å². The van der Waals surface area contributed by atoms with Crippen molar-refractivity contribution < 1.29 is 14.4 Å². The van der Waals surface area contributed by atoms with Crippen molar-refractivity contribution in [2.75, 3.05) is 36.0 Å².